The maximum atomic E-state index is 12.4. The van der Waals surface area contributed by atoms with Crippen molar-refractivity contribution in [3.8, 4) is 5.69 Å². The molecule has 0 saturated heterocycles. The fourth-order valence-electron chi connectivity index (χ4n) is 3.56. The Bertz CT molecular complexity index is 1090. The molecule has 8 heteroatoms. The van der Waals surface area contributed by atoms with Gasteiger partial charge in [-0.3, -0.25) is 4.79 Å². The van der Waals surface area contributed by atoms with Gasteiger partial charge in [0.2, 0.25) is 10.0 Å². The Morgan fingerprint density at radius 3 is 2.44 bits per heavy atom. The molecule has 0 atom stereocenters. The molecule has 1 aliphatic carbocycles. The summed E-state index contributed by atoms with van der Waals surface area (Å²) >= 11 is 0. The first-order chi connectivity index (χ1) is 11.9. The van der Waals surface area contributed by atoms with Crippen LogP contribution in [0, 0.1) is 0 Å². The van der Waals surface area contributed by atoms with Crippen LogP contribution in [-0.4, -0.2) is 23.2 Å². The fraction of sp³-hybridized carbons (Fsp3) is 0.294. The Labute approximate surface area is 144 Å². The molecule has 3 aromatic rings. The van der Waals surface area contributed by atoms with E-state index in [1.54, 1.807) is 23.0 Å². The Kier molecular flexibility index (Phi) is 3.73. The number of H-pyrrole nitrogens is 1. The lowest BCUT2D eigenvalue weighted by atomic mass is 10.0. The number of aromatic amines is 1. The van der Waals surface area contributed by atoms with Crippen molar-refractivity contribution >= 4 is 20.9 Å². The summed E-state index contributed by atoms with van der Waals surface area (Å²) in [5, 5.41) is 10.7. The van der Waals surface area contributed by atoms with Gasteiger partial charge in [-0.1, -0.05) is 12.8 Å². The third-order valence-electron chi connectivity index (χ3n) is 4.78. The van der Waals surface area contributed by atoms with E-state index in [4.69, 9.17) is 10.2 Å². The van der Waals surface area contributed by atoms with Crippen molar-refractivity contribution < 1.29 is 8.42 Å². The molecule has 0 bridgehead atoms. The summed E-state index contributed by atoms with van der Waals surface area (Å²) in [6, 6.07) is 7.94. The van der Waals surface area contributed by atoms with Gasteiger partial charge in [0.15, 0.2) is 0 Å². The number of pyridine rings is 1. The number of sulfonamides is 1. The van der Waals surface area contributed by atoms with Crippen LogP contribution in [0.2, 0.25) is 0 Å². The zero-order valence-corrected chi connectivity index (χ0v) is 14.3. The van der Waals surface area contributed by atoms with Gasteiger partial charge < -0.3 is 4.98 Å². The molecule has 3 N–H and O–H groups in total. The van der Waals surface area contributed by atoms with Gasteiger partial charge in [-0.25, -0.2) is 18.2 Å². The van der Waals surface area contributed by atoms with Gasteiger partial charge in [0.1, 0.15) is 5.52 Å². The molecule has 1 fully saturated rings. The smallest absolute Gasteiger partial charge is 0.274 e. The summed E-state index contributed by atoms with van der Waals surface area (Å²) < 4.78 is 24.4. The van der Waals surface area contributed by atoms with Crippen LogP contribution in [0.15, 0.2) is 46.2 Å². The number of aromatic nitrogens is 3. The minimum absolute atomic E-state index is 0.0256. The molecule has 2 aromatic heterocycles. The summed E-state index contributed by atoms with van der Waals surface area (Å²) in [5.74, 6) is 0.356. The third kappa shape index (κ3) is 2.77. The van der Waals surface area contributed by atoms with E-state index in [9.17, 15) is 13.2 Å². The van der Waals surface area contributed by atoms with E-state index in [1.165, 1.54) is 25.0 Å². The average Bonchev–Trinajstić information content (AvgIpc) is 3.22. The zero-order valence-electron chi connectivity index (χ0n) is 13.5. The molecule has 0 unspecified atom stereocenters. The molecule has 1 aliphatic rings. The lowest BCUT2D eigenvalue weighted by Crippen LogP contribution is -2.13. The van der Waals surface area contributed by atoms with Crippen molar-refractivity contribution in [2.45, 2.75) is 36.5 Å². The number of primary sulfonamides is 1. The molecule has 0 aliphatic heterocycles. The van der Waals surface area contributed by atoms with E-state index < -0.39 is 10.0 Å². The molecule has 25 heavy (non-hydrogen) atoms. The number of benzene rings is 1. The van der Waals surface area contributed by atoms with Gasteiger partial charge in [-0.2, -0.15) is 5.10 Å². The molecule has 1 aromatic carbocycles. The summed E-state index contributed by atoms with van der Waals surface area (Å²) in [5.41, 5.74) is 1.82. The summed E-state index contributed by atoms with van der Waals surface area (Å²) in [6.45, 7) is 0. The highest BCUT2D eigenvalue weighted by atomic mass is 32.2. The molecule has 4 rings (SSSR count). The largest absolute Gasteiger partial charge is 0.327 e. The lowest BCUT2D eigenvalue weighted by Gasteiger charge is -2.06. The highest BCUT2D eigenvalue weighted by Crippen LogP contribution is 2.36. The van der Waals surface area contributed by atoms with Crippen molar-refractivity contribution in [1.82, 2.24) is 14.8 Å². The van der Waals surface area contributed by atoms with Gasteiger partial charge in [-0.15, -0.1) is 0 Å². The quantitative estimate of drug-likeness (QED) is 0.746. The predicted octanol–water partition coefficient (Wildman–Crippen LogP) is 2.02. The number of fused-ring (bicyclic) bond motifs is 1. The maximum absolute atomic E-state index is 12.4. The zero-order chi connectivity index (χ0) is 17.6. The molecule has 0 amide bonds. The minimum atomic E-state index is -3.76. The highest BCUT2D eigenvalue weighted by molar-refractivity contribution is 7.89. The molecular weight excluding hydrogens is 340 g/mol. The van der Waals surface area contributed by atoms with Gasteiger partial charge >= 0.3 is 0 Å². The van der Waals surface area contributed by atoms with Crippen molar-refractivity contribution in [2.75, 3.05) is 0 Å². The molecule has 0 spiro atoms. The first kappa shape index (κ1) is 16.0. The minimum Gasteiger partial charge on any atom is -0.327 e. The van der Waals surface area contributed by atoms with Crippen molar-refractivity contribution in [3.63, 3.8) is 0 Å². The van der Waals surface area contributed by atoms with Crippen LogP contribution in [0.1, 0.15) is 37.3 Å². The molecule has 0 radical (unpaired) electrons. The first-order valence-electron chi connectivity index (χ1n) is 8.19. The normalized spacial score (nSPS) is 15.9. The van der Waals surface area contributed by atoms with Crippen molar-refractivity contribution in [2.24, 2.45) is 5.14 Å². The fourth-order valence-corrected chi connectivity index (χ4v) is 4.08. The van der Waals surface area contributed by atoms with Gasteiger partial charge in [0, 0.05) is 17.5 Å². The Morgan fingerprint density at radius 2 is 1.80 bits per heavy atom. The molecule has 1 saturated carbocycles. The van der Waals surface area contributed by atoms with E-state index in [0.29, 0.717) is 17.1 Å². The van der Waals surface area contributed by atoms with E-state index >= 15 is 0 Å². The number of hydrogen-bond donors (Lipinski definition) is 2. The molecule has 2 heterocycles. The first-order valence-corrected chi connectivity index (χ1v) is 9.73. The Hall–Kier alpha value is -2.45. The van der Waals surface area contributed by atoms with Crippen LogP contribution in [0.25, 0.3) is 16.6 Å². The predicted molar refractivity (Wildman–Crippen MR) is 94.3 cm³/mol. The maximum Gasteiger partial charge on any atom is 0.274 e. The molecule has 130 valence electrons. The van der Waals surface area contributed by atoms with Gasteiger partial charge in [0.25, 0.3) is 5.56 Å². The average molecular weight is 358 g/mol. The van der Waals surface area contributed by atoms with E-state index in [2.05, 4.69) is 4.98 Å². The van der Waals surface area contributed by atoms with Crippen LogP contribution in [0.5, 0.6) is 0 Å². The summed E-state index contributed by atoms with van der Waals surface area (Å²) in [6.07, 6.45) is 6.13. The van der Waals surface area contributed by atoms with Gasteiger partial charge in [-0.05, 0) is 43.2 Å². The van der Waals surface area contributed by atoms with Crippen LogP contribution in [0.3, 0.4) is 0 Å². The number of nitrogens with one attached hydrogen (secondary N) is 1. The van der Waals surface area contributed by atoms with E-state index in [-0.39, 0.29) is 10.5 Å². The number of rotatable bonds is 3. The Morgan fingerprint density at radius 1 is 1.12 bits per heavy atom. The second kappa shape index (κ2) is 5.82. The van der Waals surface area contributed by atoms with Crippen molar-refractivity contribution in [1.29, 1.82) is 0 Å². The second-order valence-electron chi connectivity index (χ2n) is 6.39. The van der Waals surface area contributed by atoms with Crippen LogP contribution >= 0.6 is 0 Å². The molecular formula is C17H18N4O3S. The molecule has 7 nitrogen and oxygen atoms in total. The standard InChI is InChI=1S/C17H18N4O3S/c18-25(23,24)13-7-5-12(6-8-13)21-16-14(9-10-19-17(16)22)15(20-21)11-3-1-2-4-11/h5-11H,1-4H2,(H,19,22)(H2,18,23,24). The second-order valence-corrected chi connectivity index (χ2v) is 7.95. The monoisotopic (exact) mass is 358 g/mol. The summed E-state index contributed by atoms with van der Waals surface area (Å²) in [4.78, 5) is 15.1. The number of nitrogens with zero attached hydrogens (tertiary/aromatic N) is 2. The van der Waals surface area contributed by atoms with E-state index in [0.717, 1.165) is 23.9 Å². The highest BCUT2D eigenvalue weighted by Gasteiger charge is 2.24. The number of nitrogens with two attached hydrogens (primary N) is 1. The van der Waals surface area contributed by atoms with Crippen LogP contribution < -0.4 is 10.7 Å². The SMILES string of the molecule is NS(=O)(=O)c1ccc(-n2nc(C3CCCC3)c3cc[nH]c(=O)c32)cc1. The van der Waals surface area contributed by atoms with Crippen molar-refractivity contribution in [3.05, 3.63) is 52.6 Å². The lowest BCUT2D eigenvalue weighted by molar-refractivity contribution is 0.598. The topological polar surface area (TPSA) is 111 Å². The third-order valence-corrected chi connectivity index (χ3v) is 5.71. The van der Waals surface area contributed by atoms with Gasteiger partial charge in [0.05, 0.1) is 16.3 Å². The van der Waals surface area contributed by atoms with Crippen LogP contribution in [0.4, 0.5) is 0 Å². The summed E-state index contributed by atoms with van der Waals surface area (Å²) in [7, 11) is -3.76. The van der Waals surface area contributed by atoms with E-state index in [1.807, 2.05) is 6.07 Å². The number of hydrogen-bond acceptors (Lipinski definition) is 4. The van der Waals surface area contributed by atoms with Crippen LogP contribution in [-0.2, 0) is 10.0 Å². The Balaban J connectivity index is 1.91.